The fourth-order valence-corrected chi connectivity index (χ4v) is 12.8. The van der Waals surface area contributed by atoms with Crippen molar-refractivity contribution in [3.05, 3.63) is 0 Å². The molecule has 0 aromatic heterocycles. The SMILES string of the molecule is CC(C1CC2CC1C1C3CC(O)C(C3)C21)C1CC2CC1C1C3CC(O)C(C3)C21. The van der Waals surface area contributed by atoms with E-state index in [2.05, 4.69) is 6.92 Å². The number of rotatable bonds is 2. The van der Waals surface area contributed by atoms with Crippen molar-refractivity contribution in [1.29, 1.82) is 0 Å². The monoisotopic (exact) mass is 382 g/mol. The summed E-state index contributed by atoms with van der Waals surface area (Å²) in [7, 11) is 0. The van der Waals surface area contributed by atoms with Crippen molar-refractivity contribution in [3.8, 4) is 0 Å². The van der Waals surface area contributed by atoms with Crippen LogP contribution in [0.5, 0.6) is 0 Å². The van der Waals surface area contributed by atoms with Gasteiger partial charge in [0.05, 0.1) is 12.2 Å². The summed E-state index contributed by atoms with van der Waals surface area (Å²) in [4.78, 5) is 0. The van der Waals surface area contributed by atoms with Gasteiger partial charge < -0.3 is 10.2 Å². The second-order valence-electron chi connectivity index (χ2n) is 13.2. The maximum absolute atomic E-state index is 10.5. The van der Waals surface area contributed by atoms with Crippen molar-refractivity contribution in [2.45, 2.75) is 70.5 Å². The van der Waals surface area contributed by atoms with E-state index < -0.39 is 0 Å². The largest absolute Gasteiger partial charge is 0.393 e. The summed E-state index contributed by atoms with van der Waals surface area (Å²) in [6, 6.07) is 0. The van der Waals surface area contributed by atoms with Crippen molar-refractivity contribution in [3.63, 3.8) is 0 Å². The molecule has 8 aliphatic rings. The maximum atomic E-state index is 10.5. The molecule has 0 amide bonds. The first-order valence-electron chi connectivity index (χ1n) is 13.0. The second kappa shape index (κ2) is 5.21. The Kier molecular flexibility index (Phi) is 3.09. The van der Waals surface area contributed by atoms with E-state index in [9.17, 15) is 10.2 Å². The lowest BCUT2D eigenvalue weighted by molar-refractivity contribution is -0.0219. The van der Waals surface area contributed by atoms with Crippen molar-refractivity contribution in [2.24, 2.45) is 88.8 Å². The highest BCUT2D eigenvalue weighted by Gasteiger charge is 2.68. The van der Waals surface area contributed by atoms with Gasteiger partial charge in [-0.2, -0.15) is 0 Å². The average molecular weight is 383 g/mol. The summed E-state index contributed by atoms with van der Waals surface area (Å²) < 4.78 is 0. The molecule has 28 heavy (non-hydrogen) atoms. The zero-order valence-corrected chi connectivity index (χ0v) is 17.4. The highest BCUT2D eigenvalue weighted by Crippen LogP contribution is 2.73. The molecule has 2 N–H and O–H groups in total. The minimum atomic E-state index is 0.0529. The van der Waals surface area contributed by atoms with Gasteiger partial charge in [-0.15, -0.1) is 0 Å². The normalized spacial score (nSPS) is 70.8. The van der Waals surface area contributed by atoms with Crippen LogP contribution in [0.25, 0.3) is 0 Å². The molecular weight excluding hydrogens is 344 g/mol. The summed E-state index contributed by atoms with van der Waals surface area (Å²) in [5.74, 6) is 13.9. The average Bonchev–Trinajstić information content (AvgIpc) is 3.50. The van der Waals surface area contributed by atoms with Crippen LogP contribution in [0.1, 0.15) is 58.3 Å². The first kappa shape index (κ1) is 16.6. The minimum absolute atomic E-state index is 0.0529. The Balaban J connectivity index is 1.04. The molecule has 2 heteroatoms. The van der Waals surface area contributed by atoms with Crippen LogP contribution in [0, 0.1) is 88.8 Å². The van der Waals surface area contributed by atoms with Gasteiger partial charge in [-0.1, -0.05) is 6.92 Å². The van der Waals surface area contributed by atoms with Gasteiger partial charge in [0.25, 0.3) is 0 Å². The van der Waals surface area contributed by atoms with E-state index in [0.717, 1.165) is 89.8 Å². The summed E-state index contributed by atoms with van der Waals surface area (Å²) in [6.45, 7) is 2.67. The van der Waals surface area contributed by atoms with Gasteiger partial charge in [0.2, 0.25) is 0 Å². The fraction of sp³-hybridized carbons (Fsp3) is 1.00. The third kappa shape index (κ3) is 1.75. The highest BCUT2D eigenvalue weighted by molar-refractivity contribution is 5.16. The maximum Gasteiger partial charge on any atom is 0.0574 e. The van der Waals surface area contributed by atoms with E-state index in [4.69, 9.17) is 0 Å². The van der Waals surface area contributed by atoms with Gasteiger partial charge in [-0.05, 0) is 140 Å². The smallest absolute Gasteiger partial charge is 0.0574 e. The Morgan fingerprint density at radius 3 is 1.32 bits per heavy atom. The lowest BCUT2D eigenvalue weighted by Gasteiger charge is -2.47. The summed E-state index contributed by atoms with van der Waals surface area (Å²) in [6.07, 6.45) is 11.2. The van der Waals surface area contributed by atoms with Crippen molar-refractivity contribution in [2.75, 3.05) is 0 Å². The Hall–Kier alpha value is -0.0800. The fourth-order valence-electron chi connectivity index (χ4n) is 12.8. The van der Waals surface area contributed by atoms with E-state index in [-0.39, 0.29) is 12.2 Å². The molecule has 0 spiro atoms. The molecule has 8 saturated carbocycles. The Morgan fingerprint density at radius 1 is 0.500 bits per heavy atom. The van der Waals surface area contributed by atoms with Gasteiger partial charge in [-0.3, -0.25) is 0 Å². The van der Waals surface area contributed by atoms with Crippen molar-refractivity contribution < 1.29 is 10.2 Å². The van der Waals surface area contributed by atoms with Crippen LogP contribution in [-0.2, 0) is 0 Å². The van der Waals surface area contributed by atoms with Crippen molar-refractivity contribution in [1.82, 2.24) is 0 Å². The predicted molar refractivity (Wildman–Crippen MR) is 107 cm³/mol. The van der Waals surface area contributed by atoms with E-state index in [0.29, 0.717) is 11.8 Å². The molecule has 0 aromatic rings. The van der Waals surface area contributed by atoms with Gasteiger partial charge in [0.15, 0.2) is 0 Å². The topological polar surface area (TPSA) is 40.5 Å². The molecule has 8 fully saturated rings. The number of aliphatic hydroxyl groups is 2. The van der Waals surface area contributed by atoms with E-state index in [1.807, 2.05) is 0 Å². The van der Waals surface area contributed by atoms with Gasteiger partial charge in [0.1, 0.15) is 0 Å². The van der Waals surface area contributed by atoms with Crippen LogP contribution in [0.15, 0.2) is 0 Å². The lowest BCUT2D eigenvalue weighted by Crippen LogP contribution is -2.43. The second-order valence-corrected chi connectivity index (χ2v) is 13.2. The number of fused-ring (bicyclic) bond motifs is 18. The molecule has 0 aliphatic heterocycles. The van der Waals surface area contributed by atoms with E-state index in [1.54, 1.807) is 0 Å². The van der Waals surface area contributed by atoms with Crippen LogP contribution in [-0.4, -0.2) is 22.4 Å². The first-order valence-corrected chi connectivity index (χ1v) is 13.0. The van der Waals surface area contributed by atoms with Gasteiger partial charge >= 0.3 is 0 Å². The molecule has 0 radical (unpaired) electrons. The Labute approximate surface area is 169 Å². The molecule has 8 bridgehead atoms. The van der Waals surface area contributed by atoms with E-state index in [1.165, 1.54) is 38.5 Å². The summed E-state index contributed by atoms with van der Waals surface area (Å²) in [5, 5.41) is 20.9. The quantitative estimate of drug-likeness (QED) is 0.703. The molecule has 0 aromatic carbocycles. The van der Waals surface area contributed by atoms with Crippen LogP contribution in [0.4, 0.5) is 0 Å². The molecule has 0 heterocycles. The van der Waals surface area contributed by atoms with Crippen LogP contribution in [0.3, 0.4) is 0 Å². The minimum Gasteiger partial charge on any atom is -0.393 e. The number of aliphatic hydroxyl groups excluding tert-OH is 2. The molecule has 154 valence electrons. The highest BCUT2D eigenvalue weighted by atomic mass is 16.3. The van der Waals surface area contributed by atoms with E-state index >= 15 is 0 Å². The van der Waals surface area contributed by atoms with Crippen LogP contribution >= 0.6 is 0 Å². The first-order chi connectivity index (χ1) is 13.6. The van der Waals surface area contributed by atoms with Crippen LogP contribution in [0.2, 0.25) is 0 Å². The lowest BCUT2D eigenvalue weighted by atomic mass is 9.59. The number of hydrogen-bond acceptors (Lipinski definition) is 2. The van der Waals surface area contributed by atoms with Crippen LogP contribution < -0.4 is 0 Å². The Bertz CT molecular complexity index is 647. The zero-order valence-electron chi connectivity index (χ0n) is 17.4. The van der Waals surface area contributed by atoms with Gasteiger partial charge in [-0.25, -0.2) is 0 Å². The molecule has 2 nitrogen and oxygen atoms in total. The zero-order chi connectivity index (χ0) is 18.5. The number of hydrogen-bond donors (Lipinski definition) is 2. The predicted octanol–water partition coefficient (Wildman–Crippen LogP) is 4.20. The molecule has 8 rings (SSSR count). The standard InChI is InChI=1S/C26H38O2/c1-10(15-2-11-4-17(15)23-13-6-19(25(11)23)21(27)8-13)16-3-12-5-18(16)24-14-7-20(26(12)24)22(28)9-14/h10-28H,2-9H2,1H3. The molecule has 8 aliphatic carbocycles. The third-order valence-corrected chi connectivity index (χ3v) is 13.0. The molecule has 16 unspecified atom stereocenters. The molecule has 0 saturated heterocycles. The summed E-state index contributed by atoms with van der Waals surface area (Å²) >= 11 is 0. The molecule has 16 atom stereocenters. The third-order valence-electron chi connectivity index (χ3n) is 13.0. The van der Waals surface area contributed by atoms with Crippen molar-refractivity contribution >= 4 is 0 Å². The van der Waals surface area contributed by atoms with Gasteiger partial charge in [0, 0.05) is 0 Å². The summed E-state index contributed by atoms with van der Waals surface area (Å²) in [5.41, 5.74) is 0. The molecular formula is C26H38O2. The Morgan fingerprint density at radius 2 is 0.857 bits per heavy atom.